The van der Waals surface area contributed by atoms with E-state index in [4.69, 9.17) is 23.2 Å². The number of benzene rings is 2. The van der Waals surface area contributed by atoms with Gasteiger partial charge in [0.05, 0.1) is 10.7 Å². The second-order valence-electron chi connectivity index (χ2n) is 5.18. The number of thiophene rings is 1. The van der Waals surface area contributed by atoms with E-state index < -0.39 is 0 Å². The Morgan fingerprint density at radius 2 is 1.83 bits per heavy atom. The van der Waals surface area contributed by atoms with Gasteiger partial charge in [0, 0.05) is 32.1 Å². The minimum absolute atomic E-state index is 0.197. The molecule has 0 bridgehead atoms. The molecule has 3 rings (SSSR count). The molecule has 0 N–H and O–H groups in total. The number of carbonyl (C=O) groups excluding carboxylic acids is 1. The Labute approximate surface area is 154 Å². The van der Waals surface area contributed by atoms with Crippen molar-refractivity contribution in [2.24, 2.45) is 4.99 Å². The van der Waals surface area contributed by atoms with Gasteiger partial charge in [-0.25, -0.2) is 0 Å². The molecule has 0 radical (unpaired) electrons. The van der Waals surface area contributed by atoms with Crippen LogP contribution in [0.25, 0.3) is 0 Å². The molecule has 24 heavy (non-hydrogen) atoms. The lowest BCUT2D eigenvalue weighted by atomic mass is 10.0. The van der Waals surface area contributed by atoms with Crippen molar-refractivity contribution in [2.75, 3.05) is 0 Å². The van der Waals surface area contributed by atoms with Crippen molar-refractivity contribution in [1.82, 2.24) is 0 Å². The third-order valence-electron chi connectivity index (χ3n) is 3.41. The molecule has 0 fully saturated rings. The average Bonchev–Trinajstić information content (AvgIpc) is 2.99. The van der Waals surface area contributed by atoms with Crippen LogP contribution in [-0.2, 0) is 0 Å². The molecular weight excluding hydrogens is 361 g/mol. The van der Waals surface area contributed by atoms with Crippen molar-refractivity contribution < 1.29 is 4.79 Å². The number of aryl methyl sites for hydroxylation is 1. The van der Waals surface area contributed by atoms with Crippen LogP contribution in [0.1, 0.15) is 25.7 Å². The van der Waals surface area contributed by atoms with E-state index in [2.05, 4.69) is 4.99 Å². The fourth-order valence-electron chi connectivity index (χ4n) is 2.25. The number of rotatable bonds is 4. The fraction of sp³-hybridized carbons (Fsp3) is 0.0526. The molecule has 0 aliphatic carbocycles. The number of halogens is 2. The van der Waals surface area contributed by atoms with Crippen molar-refractivity contribution in [3.63, 3.8) is 0 Å². The van der Waals surface area contributed by atoms with E-state index in [1.54, 1.807) is 60.0 Å². The van der Waals surface area contributed by atoms with Crippen molar-refractivity contribution in [1.29, 1.82) is 0 Å². The van der Waals surface area contributed by atoms with Crippen LogP contribution in [0.15, 0.2) is 59.6 Å². The largest absolute Gasteiger partial charge is 0.288 e. The summed E-state index contributed by atoms with van der Waals surface area (Å²) in [6.07, 6.45) is 1.75. The van der Waals surface area contributed by atoms with Crippen molar-refractivity contribution >= 4 is 52.2 Å². The van der Waals surface area contributed by atoms with Crippen LogP contribution in [0.3, 0.4) is 0 Å². The van der Waals surface area contributed by atoms with Crippen molar-refractivity contribution in [2.45, 2.75) is 6.92 Å². The summed E-state index contributed by atoms with van der Waals surface area (Å²) < 4.78 is 0. The van der Waals surface area contributed by atoms with Crippen molar-refractivity contribution in [3.05, 3.63) is 85.5 Å². The van der Waals surface area contributed by atoms with Gasteiger partial charge in [0.2, 0.25) is 0 Å². The van der Waals surface area contributed by atoms with E-state index >= 15 is 0 Å². The predicted molar refractivity (Wildman–Crippen MR) is 103 cm³/mol. The molecule has 0 spiro atoms. The molecule has 3 aromatic rings. The number of carbonyl (C=O) groups is 1. The summed E-state index contributed by atoms with van der Waals surface area (Å²) in [6.45, 7) is 2.04. The van der Waals surface area contributed by atoms with Gasteiger partial charge in [0.25, 0.3) is 0 Å². The number of aliphatic imine (C=N–C) groups is 1. The van der Waals surface area contributed by atoms with Crippen LogP contribution in [0.4, 0.5) is 5.69 Å². The van der Waals surface area contributed by atoms with E-state index in [9.17, 15) is 4.79 Å². The van der Waals surface area contributed by atoms with Crippen molar-refractivity contribution in [3.8, 4) is 0 Å². The molecule has 0 unspecified atom stereocenters. The first-order valence-electron chi connectivity index (χ1n) is 7.24. The van der Waals surface area contributed by atoms with Gasteiger partial charge >= 0.3 is 0 Å². The maximum atomic E-state index is 12.8. The van der Waals surface area contributed by atoms with Gasteiger partial charge in [-0.05, 0) is 49.4 Å². The summed E-state index contributed by atoms with van der Waals surface area (Å²) in [4.78, 5) is 19.5. The van der Waals surface area contributed by atoms with Crippen LogP contribution in [0.2, 0.25) is 10.0 Å². The zero-order valence-corrected chi connectivity index (χ0v) is 15.1. The summed E-state index contributed by atoms with van der Waals surface area (Å²) in [6, 6.07) is 16.1. The molecule has 2 aromatic carbocycles. The van der Waals surface area contributed by atoms with Crippen LogP contribution in [0.5, 0.6) is 0 Å². The molecule has 0 saturated heterocycles. The zero-order valence-electron chi connectivity index (χ0n) is 12.8. The lowest BCUT2D eigenvalue weighted by Crippen LogP contribution is -2.02. The van der Waals surface area contributed by atoms with Gasteiger partial charge in [-0.2, -0.15) is 0 Å². The Kier molecular flexibility index (Phi) is 5.14. The SMILES string of the molecule is Cc1ccc(C=Nc2ccc(Cl)cc2C(=O)c2ccccc2Cl)s1. The first-order valence-corrected chi connectivity index (χ1v) is 8.81. The topological polar surface area (TPSA) is 29.4 Å². The molecule has 1 aromatic heterocycles. The van der Waals surface area contributed by atoms with E-state index in [-0.39, 0.29) is 5.78 Å². The quantitative estimate of drug-likeness (QED) is 0.387. The summed E-state index contributed by atoms with van der Waals surface area (Å²) in [7, 11) is 0. The van der Waals surface area contributed by atoms with Crippen LogP contribution in [-0.4, -0.2) is 12.0 Å². The molecule has 0 aliphatic rings. The predicted octanol–water partition coefficient (Wildman–Crippen LogP) is 6.34. The van der Waals surface area contributed by atoms with Gasteiger partial charge in [-0.15, -0.1) is 11.3 Å². The number of nitrogens with zero attached hydrogens (tertiary/aromatic N) is 1. The summed E-state index contributed by atoms with van der Waals surface area (Å²) in [5, 5.41) is 0.891. The Morgan fingerprint density at radius 1 is 1.04 bits per heavy atom. The molecule has 0 atom stereocenters. The molecule has 120 valence electrons. The van der Waals surface area contributed by atoms with E-state index in [1.165, 1.54) is 4.88 Å². The number of ketones is 1. The van der Waals surface area contributed by atoms with Gasteiger partial charge in [-0.1, -0.05) is 35.3 Å². The third-order valence-corrected chi connectivity index (χ3v) is 4.91. The van der Waals surface area contributed by atoms with Crippen LogP contribution < -0.4 is 0 Å². The minimum atomic E-state index is -0.197. The summed E-state index contributed by atoms with van der Waals surface area (Å²) >= 11 is 13.9. The third kappa shape index (κ3) is 3.75. The Morgan fingerprint density at radius 3 is 2.54 bits per heavy atom. The molecule has 0 aliphatic heterocycles. The highest BCUT2D eigenvalue weighted by atomic mass is 35.5. The molecule has 0 saturated carbocycles. The van der Waals surface area contributed by atoms with Gasteiger partial charge in [-0.3, -0.25) is 9.79 Å². The first-order chi connectivity index (χ1) is 11.5. The molecular formula is C19H13Cl2NOS. The highest BCUT2D eigenvalue weighted by Gasteiger charge is 2.16. The first kappa shape index (κ1) is 16.9. The Bertz CT molecular complexity index is 931. The average molecular weight is 374 g/mol. The summed E-state index contributed by atoms with van der Waals surface area (Å²) in [5.41, 5.74) is 1.43. The highest BCUT2D eigenvalue weighted by Crippen LogP contribution is 2.28. The number of hydrogen-bond acceptors (Lipinski definition) is 3. The lowest BCUT2D eigenvalue weighted by molar-refractivity contribution is 0.103. The Hall–Kier alpha value is -1.94. The molecule has 1 heterocycles. The molecule has 2 nitrogen and oxygen atoms in total. The van der Waals surface area contributed by atoms with E-state index in [0.29, 0.717) is 26.9 Å². The smallest absolute Gasteiger partial charge is 0.196 e. The van der Waals surface area contributed by atoms with E-state index in [1.807, 2.05) is 19.1 Å². The second kappa shape index (κ2) is 7.31. The monoisotopic (exact) mass is 373 g/mol. The number of hydrogen-bond donors (Lipinski definition) is 0. The normalized spacial score (nSPS) is 11.1. The molecule has 0 amide bonds. The maximum Gasteiger partial charge on any atom is 0.196 e. The fourth-order valence-corrected chi connectivity index (χ4v) is 3.39. The van der Waals surface area contributed by atoms with Gasteiger partial charge < -0.3 is 0 Å². The van der Waals surface area contributed by atoms with E-state index in [0.717, 1.165) is 4.88 Å². The van der Waals surface area contributed by atoms with Gasteiger partial charge in [0.1, 0.15) is 0 Å². The standard InChI is InChI=1S/C19H13Cl2NOS/c1-12-6-8-14(24-12)11-22-18-9-7-13(20)10-16(18)19(23)15-4-2-3-5-17(15)21/h2-11H,1H3. The molecule has 5 heteroatoms. The van der Waals surface area contributed by atoms with Crippen LogP contribution >= 0.6 is 34.5 Å². The zero-order chi connectivity index (χ0) is 17.1. The Balaban J connectivity index is 2.01. The minimum Gasteiger partial charge on any atom is -0.288 e. The summed E-state index contributed by atoms with van der Waals surface area (Å²) in [5.74, 6) is -0.197. The van der Waals surface area contributed by atoms with Crippen LogP contribution in [0, 0.1) is 6.92 Å². The highest BCUT2D eigenvalue weighted by molar-refractivity contribution is 7.13. The maximum absolute atomic E-state index is 12.8. The van der Waals surface area contributed by atoms with Gasteiger partial charge in [0.15, 0.2) is 5.78 Å². The second-order valence-corrected chi connectivity index (χ2v) is 7.34. The lowest BCUT2D eigenvalue weighted by Gasteiger charge is -2.07.